The van der Waals surface area contributed by atoms with Crippen LogP contribution in [0.5, 0.6) is 5.88 Å². The molecule has 2 bridgehead atoms. The maximum Gasteiger partial charge on any atom is 0.257 e. The molecule has 4 heterocycles. The van der Waals surface area contributed by atoms with Gasteiger partial charge in [0.15, 0.2) is 0 Å². The molecule has 3 atom stereocenters. The Balaban J connectivity index is 1.38. The molecule has 0 spiro atoms. The number of nitrogens with zero attached hydrogens (tertiary/aromatic N) is 4. The summed E-state index contributed by atoms with van der Waals surface area (Å²) < 4.78 is 11.1. The second kappa shape index (κ2) is 11.9. The third kappa shape index (κ3) is 5.81. The average Bonchev–Trinajstić information content (AvgIpc) is 3.34. The highest BCUT2D eigenvalue weighted by atomic mass is 16.5. The van der Waals surface area contributed by atoms with Gasteiger partial charge in [0.1, 0.15) is 18.8 Å². The predicted molar refractivity (Wildman–Crippen MR) is 140 cm³/mol. The summed E-state index contributed by atoms with van der Waals surface area (Å²) in [5.74, 6) is -0.121. The first-order valence-corrected chi connectivity index (χ1v) is 13.3. The summed E-state index contributed by atoms with van der Waals surface area (Å²) in [4.78, 5) is 49.8. The number of fused-ring (bicyclic) bond motifs is 4. The first-order valence-electron chi connectivity index (χ1n) is 13.3. The van der Waals surface area contributed by atoms with Gasteiger partial charge in [-0.2, -0.15) is 0 Å². The molecule has 5 rings (SSSR count). The van der Waals surface area contributed by atoms with Crippen LogP contribution in [0.3, 0.4) is 0 Å². The van der Waals surface area contributed by atoms with Crippen LogP contribution in [0.2, 0.25) is 0 Å². The molecular formula is C28H35N5O5. The number of carbonyl (C=O) groups is 3. The maximum absolute atomic E-state index is 14.0. The minimum Gasteiger partial charge on any atom is -0.475 e. The Kier molecular flexibility index (Phi) is 8.19. The minimum absolute atomic E-state index is 0.00835. The van der Waals surface area contributed by atoms with Gasteiger partial charge in [0, 0.05) is 45.5 Å². The van der Waals surface area contributed by atoms with Crippen LogP contribution in [0.1, 0.15) is 28.8 Å². The first-order chi connectivity index (χ1) is 18.5. The Morgan fingerprint density at radius 3 is 2.79 bits per heavy atom. The van der Waals surface area contributed by atoms with Crippen LogP contribution >= 0.6 is 0 Å². The number of benzene rings is 1. The number of aryl methyl sites for hydroxylation is 1. The van der Waals surface area contributed by atoms with Gasteiger partial charge >= 0.3 is 0 Å². The zero-order valence-corrected chi connectivity index (χ0v) is 21.8. The quantitative estimate of drug-likeness (QED) is 0.604. The number of methoxy groups -OCH3 is 1. The van der Waals surface area contributed by atoms with Gasteiger partial charge in [-0.25, -0.2) is 4.98 Å². The molecule has 0 radical (unpaired) electrons. The van der Waals surface area contributed by atoms with E-state index in [9.17, 15) is 14.4 Å². The smallest absolute Gasteiger partial charge is 0.257 e. The van der Waals surface area contributed by atoms with Crippen LogP contribution in [0.15, 0.2) is 48.7 Å². The number of rotatable bonds is 6. The van der Waals surface area contributed by atoms with E-state index in [1.54, 1.807) is 23.2 Å². The summed E-state index contributed by atoms with van der Waals surface area (Å²) in [5, 5.41) is 3.11. The van der Waals surface area contributed by atoms with Gasteiger partial charge < -0.3 is 24.6 Å². The standard InChI is InChI=1S/C28H35N5O5/c1-37-19-25(34)32-13-14-33-22(17-32)18-38-27-23(10-5-11-29-27)26(35)30-21-15-24(28(33)36)31(16-21)12-6-9-20-7-3-2-4-8-20/h2-5,7-8,10-11,21-22,24H,6,9,12-19H2,1H3,(H,30,35)/t21-,22+,24+/m1/s1. The molecule has 10 nitrogen and oxygen atoms in total. The lowest BCUT2D eigenvalue weighted by molar-refractivity contribution is -0.148. The monoisotopic (exact) mass is 521 g/mol. The third-order valence-corrected chi connectivity index (χ3v) is 7.59. The molecular weight excluding hydrogens is 486 g/mol. The minimum atomic E-state index is -0.361. The average molecular weight is 522 g/mol. The number of hydrogen-bond donors (Lipinski definition) is 1. The summed E-state index contributed by atoms with van der Waals surface area (Å²) in [6.07, 6.45) is 3.95. The van der Waals surface area contributed by atoms with E-state index < -0.39 is 0 Å². The number of hydrogen-bond acceptors (Lipinski definition) is 7. The Morgan fingerprint density at radius 1 is 1.13 bits per heavy atom. The number of pyridine rings is 1. The zero-order chi connectivity index (χ0) is 26.5. The Hall–Kier alpha value is -3.50. The molecule has 2 fully saturated rings. The SMILES string of the molecule is COCC(=O)N1CCN2C(=O)[C@@H]3C[C@H](CN3CCCc3ccccc3)NC(=O)c3cccnc3OC[C@@H]2C1. The van der Waals surface area contributed by atoms with Crippen molar-refractivity contribution in [3.8, 4) is 5.88 Å². The first kappa shape index (κ1) is 26.1. The van der Waals surface area contributed by atoms with Crippen LogP contribution < -0.4 is 10.1 Å². The van der Waals surface area contributed by atoms with Crippen molar-refractivity contribution in [2.75, 3.05) is 53.0 Å². The van der Waals surface area contributed by atoms with E-state index in [0.29, 0.717) is 38.2 Å². The topological polar surface area (TPSA) is 104 Å². The van der Waals surface area contributed by atoms with Crippen LogP contribution in [0.25, 0.3) is 0 Å². The van der Waals surface area contributed by atoms with Crippen molar-refractivity contribution >= 4 is 17.7 Å². The van der Waals surface area contributed by atoms with Gasteiger partial charge in [-0.3, -0.25) is 19.3 Å². The Labute approximate surface area is 222 Å². The van der Waals surface area contributed by atoms with Crippen LogP contribution in [-0.4, -0.2) is 109 Å². The summed E-state index contributed by atoms with van der Waals surface area (Å²) in [6, 6.07) is 12.9. The van der Waals surface area contributed by atoms with Gasteiger partial charge in [-0.15, -0.1) is 0 Å². The van der Waals surface area contributed by atoms with Crippen molar-refractivity contribution in [2.45, 2.75) is 37.4 Å². The highest BCUT2D eigenvalue weighted by molar-refractivity contribution is 5.96. The molecule has 1 aromatic carbocycles. The predicted octanol–water partition coefficient (Wildman–Crippen LogP) is 0.965. The van der Waals surface area contributed by atoms with E-state index in [2.05, 4.69) is 27.3 Å². The number of aromatic nitrogens is 1. The molecule has 0 saturated carbocycles. The summed E-state index contributed by atoms with van der Waals surface area (Å²) in [6.45, 7) is 2.68. The lowest BCUT2D eigenvalue weighted by atomic mass is 10.1. The van der Waals surface area contributed by atoms with E-state index in [1.165, 1.54) is 12.7 Å². The summed E-state index contributed by atoms with van der Waals surface area (Å²) >= 11 is 0. The normalized spacial score (nSPS) is 24.0. The van der Waals surface area contributed by atoms with Crippen molar-refractivity contribution in [3.63, 3.8) is 0 Å². The van der Waals surface area contributed by atoms with Crippen LogP contribution in [0.4, 0.5) is 0 Å². The Morgan fingerprint density at radius 2 is 1.97 bits per heavy atom. The molecule has 2 saturated heterocycles. The molecule has 1 aromatic heterocycles. The van der Waals surface area contributed by atoms with E-state index in [4.69, 9.17) is 9.47 Å². The van der Waals surface area contributed by atoms with E-state index in [1.807, 2.05) is 23.1 Å². The molecule has 0 unspecified atom stereocenters. The number of nitrogens with one attached hydrogen (secondary N) is 1. The molecule has 0 aliphatic carbocycles. The van der Waals surface area contributed by atoms with Crippen molar-refractivity contribution in [1.29, 1.82) is 0 Å². The van der Waals surface area contributed by atoms with Crippen molar-refractivity contribution < 1.29 is 23.9 Å². The molecule has 3 amide bonds. The Bertz CT molecular complexity index is 1150. The highest BCUT2D eigenvalue weighted by Crippen LogP contribution is 2.26. The summed E-state index contributed by atoms with van der Waals surface area (Å²) in [7, 11) is 1.49. The lowest BCUT2D eigenvalue weighted by Crippen LogP contribution is -2.61. The largest absolute Gasteiger partial charge is 0.475 e. The van der Waals surface area contributed by atoms with Crippen molar-refractivity contribution in [3.05, 3.63) is 59.8 Å². The van der Waals surface area contributed by atoms with Crippen LogP contribution in [0, 0.1) is 0 Å². The number of ether oxygens (including phenoxy) is 2. The molecule has 10 heteroatoms. The van der Waals surface area contributed by atoms with Gasteiger partial charge in [-0.05, 0) is 43.5 Å². The van der Waals surface area contributed by atoms with E-state index in [0.717, 1.165) is 19.4 Å². The molecule has 38 heavy (non-hydrogen) atoms. The fourth-order valence-electron chi connectivity index (χ4n) is 5.68. The fourth-order valence-corrected chi connectivity index (χ4v) is 5.68. The van der Waals surface area contributed by atoms with Gasteiger partial charge in [0.05, 0.1) is 12.1 Å². The molecule has 1 N–H and O–H groups in total. The molecule has 2 aromatic rings. The van der Waals surface area contributed by atoms with Gasteiger partial charge in [-0.1, -0.05) is 30.3 Å². The fraction of sp³-hybridized carbons (Fsp3) is 0.500. The molecule has 202 valence electrons. The molecule has 3 aliphatic heterocycles. The van der Waals surface area contributed by atoms with E-state index >= 15 is 0 Å². The van der Waals surface area contributed by atoms with Crippen molar-refractivity contribution in [2.24, 2.45) is 0 Å². The van der Waals surface area contributed by atoms with Crippen molar-refractivity contribution in [1.82, 2.24) is 25.0 Å². The number of likely N-dealkylation sites (tertiary alicyclic amines) is 1. The van der Waals surface area contributed by atoms with E-state index in [-0.39, 0.29) is 54.9 Å². The summed E-state index contributed by atoms with van der Waals surface area (Å²) in [5.41, 5.74) is 1.64. The zero-order valence-electron chi connectivity index (χ0n) is 21.8. The van der Waals surface area contributed by atoms with Gasteiger partial charge in [0.2, 0.25) is 17.7 Å². The van der Waals surface area contributed by atoms with Gasteiger partial charge in [0.25, 0.3) is 5.91 Å². The third-order valence-electron chi connectivity index (χ3n) is 7.59. The highest BCUT2D eigenvalue weighted by Gasteiger charge is 2.43. The number of amides is 3. The lowest BCUT2D eigenvalue weighted by Gasteiger charge is -2.43. The second-order valence-electron chi connectivity index (χ2n) is 10.1. The molecule has 3 aliphatic rings. The number of carbonyl (C=O) groups excluding carboxylic acids is 3. The number of piperazine rings is 1. The second-order valence-corrected chi connectivity index (χ2v) is 10.1. The van der Waals surface area contributed by atoms with Crippen LogP contribution in [-0.2, 0) is 20.7 Å². The maximum atomic E-state index is 14.0.